The molecule has 0 saturated carbocycles. The summed E-state index contributed by atoms with van der Waals surface area (Å²) in [6.45, 7) is 1.17. The van der Waals surface area contributed by atoms with Crippen LogP contribution < -0.4 is 10.6 Å². The van der Waals surface area contributed by atoms with Crippen LogP contribution in [0, 0.1) is 5.92 Å². The first kappa shape index (κ1) is 17.8. The van der Waals surface area contributed by atoms with E-state index in [0.717, 1.165) is 5.56 Å². The Morgan fingerprint density at radius 1 is 1.24 bits per heavy atom. The topological polar surface area (TPSA) is 113 Å². The quantitative estimate of drug-likeness (QED) is 0.784. The van der Waals surface area contributed by atoms with Gasteiger partial charge in [-0.25, -0.2) is 10.1 Å². The molecule has 0 unspecified atom stereocenters. The van der Waals surface area contributed by atoms with Crippen LogP contribution in [-0.4, -0.2) is 42.6 Å². The Bertz CT molecular complexity index is 772. The van der Waals surface area contributed by atoms with Gasteiger partial charge in [-0.15, -0.1) is 0 Å². The van der Waals surface area contributed by atoms with E-state index in [2.05, 4.69) is 5.43 Å². The van der Waals surface area contributed by atoms with Crippen LogP contribution in [0.1, 0.15) is 41.6 Å². The molecule has 3 N–H and O–H groups in total. The molecule has 136 valence electrons. The fraction of sp³-hybridized carbons (Fsp3) is 0.500. The maximum absolute atomic E-state index is 12.2. The van der Waals surface area contributed by atoms with E-state index in [-0.39, 0.29) is 17.7 Å². The van der Waals surface area contributed by atoms with E-state index >= 15 is 0 Å². The van der Waals surface area contributed by atoms with Crippen molar-refractivity contribution in [3.05, 3.63) is 35.4 Å². The Morgan fingerprint density at radius 3 is 2.56 bits per heavy atom. The summed E-state index contributed by atoms with van der Waals surface area (Å²) in [7, 11) is -3.62. The molecule has 0 spiro atoms. The highest BCUT2D eigenvalue weighted by Crippen LogP contribution is 2.23. The van der Waals surface area contributed by atoms with Gasteiger partial charge in [-0.05, 0) is 36.8 Å². The Morgan fingerprint density at radius 2 is 1.92 bits per heavy atom. The number of piperidine rings is 1. The van der Waals surface area contributed by atoms with Crippen molar-refractivity contribution in [1.82, 2.24) is 14.7 Å². The third-order valence-electron chi connectivity index (χ3n) is 4.79. The van der Waals surface area contributed by atoms with Gasteiger partial charge in [0.25, 0.3) is 16.1 Å². The zero-order valence-electron chi connectivity index (χ0n) is 13.8. The molecule has 0 radical (unpaired) electrons. The second kappa shape index (κ2) is 7.11. The third-order valence-corrected chi connectivity index (χ3v) is 5.88. The maximum atomic E-state index is 12.2. The van der Waals surface area contributed by atoms with Gasteiger partial charge in [0.15, 0.2) is 0 Å². The summed E-state index contributed by atoms with van der Waals surface area (Å²) >= 11 is 0. The van der Waals surface area contributed by atoms with Crippen molar-refractivity contribution in [3.63, 3.8) is 0 Å². The van der Waals surface area contributed by atoms with Crippen LogP contribution in [0.5, 0.6) is 0 Å². The highest BCUT2D eigenvalue weighted by Gasteiger charge is 2.29. The molecule has 2 amide bonds. The van der Waals surface area contributed by atoms with Gasteiger partial charge in [0.05, 0.1) is 6.54 Å². The van der Waals surface area contributed by atoms with Crippen molar-refractivity contribution in [2.24, 2.45) is 11.1 Å². The second-order valence-electron chi connectivity index (χ2n) is 6.51. The molecular formula is C16H22N4O4S. The molecule has 3 rings (SSSR count). The van der Waals surface area contributed by atoms with Gasteiger partial charge in [-0.1, -0.05) is 18.2 Å². The van der Waals surface area contributed by atoms with Crippen LogP contribution >= 0.6 is 0 Å². The summed E-state index contributed by atoms with van der Waals surface area (Å²) in [4.78, 5) is 24.3. The molecule has 2 heterocycles. The maximum Gasteiger partial charge on any atom is 0.276 e. The van der Waals surface area contributed by atoms with Crippen molar-refractivity contribution in [1.29, 1.82) is 0 Å². The van der Waals surface area contributed by atoms with Crippen LogP contribution in [0.2, 0.25) is 0 Å². The molecule has 25 heavy (non-hydrogen) atoms. The second-order valence-corrected chi connectivity index (χ2v) is 8.06. The molecule has 1 aromatic rings. The van der Waals surface area contributed by atoms with E-state index in [9.17, 15) is 18.0 Å². The lowest BCUT2D eigenvalue weighted by Crippen LogP contribution is -2.43. The highest BCUT2D eigenvalue weighted by atomic mass is 32.2. The Hall–Kier alpha value is -1.97. The lowest BCUT2D eigenvalue weighted by molar-refractivity contribution is -0.125. The molecule has 0 atom stereocenters. The summed E-state index contributed by atoms with van der Waals surface area (Å²) in [5, 5.41) is 6.46. The molecule has 0 aromatic heterocycles. The molecule has 2 aliphatic rings. The average molecular weight is 366 g/mol. The van der Waals surface area contributed by atoms with E-state index < -0.39 is 10.2 Å². The summed E-state index contributed by atoms with van der Waals surface area (Å²) in [6.07, 6.45) is 2.36. The van der Waals surface area contributed by atoms with E-state index in [1.54, 1.807) is 12.1 Å². The Kier molecular flexibility index (Phi) is 5.07. The first-order valence-electron chi connectivity index (χ1n) is 8.31. The zero-order chi connectivity index (χ0) is 18.0. The molecular weight excluding hydrogens is 344 g/mol. The van der Waals surface area contributed by atoms with Crippen LogP contribution in [0.25, 0.3) is 0 Å². The number of hydrogen-bond donors (Lipinski definition) is 2. The molecule has 0 aliphatic carbocycles. The SMILES string of the molecule is NS(=O)(=O)N1CCC(CCC(=O)NN2Cc3ccccc3C2=O)CC1. The van der Waals surface area contributed by atoms with Gasteiger partial charge in [0.2, 0.25) is 5.91 Å². The Labute approximate surface area is 147 Å². The number of carbonyl (C=O) groups is 2. The zero-order valence-corrected chi connectivity index (χ0v) is 14.7. The van der Waals surface area contributed by atoms with Crippen LogP contribution in [0.15, 0.2) is 24.3 Å². The van der Waals surface area contributed by atoms with Crippen LogP contribution in [0.4, 0.5) is 0 Å². The Balaban J connectivity index is 1.43. The lowest BCUT2D eigenvalue weighted by atomic mass is 9.93. The third kappa shape index (κ3) is 4.17. The first-order valence-corrected chi connectivity index (χ1v) is 9.82. The molecule has 1 fully saturated rings. The van der Waals surface area contributed by atoms with Gasteiger partial charge in [0.1, 0.15) is 0 Å². The number of nitrogens with one attached hydrogen (secondary N) is 1. The van der Waals surface area contributed by atoms with Gasteiger partial charge in [0, 0.05) is 25.1 Å². The first-order chi connectivity index (χ1) is 11.8. The highest BCUT2D eigenvalue weighted by molar-refractivity contribution is 7.86. The summed E-state index contributed by atoms with van der Waals surface area (Å²) < 4.78 is 23.8. The number of hydrogen-bond acceptors (Lipinski definition) is 4. The van der Waals surface area contributed by atoms with Gasteiger partial charge in [-0.3, -0.25) is 15.0 Å². The minimum Gasteiger partial charge on any atom is -0.273 e. The standard InChI is InChI=1S/C16H22N4O4S/c17-25(23,24)19-9-7-12(8-10-19)5-6-15(21)18-20-11-13-3-1-2-4-14(13)16(20)22/h1-4,12H,5-11H2,(H,18,21)(H2,17,23,24). The number of carbonyl (C=O) groups excluding carboxylic acids is 2. The van der Waals surface area contributed by atoms with Crippen molar-refractivity contribution in [2.45, 2.75) is 32.2 Å². The van der Waals surface area contributed by atoms with E-state index in [1.807, 2.05) is 12.1 Å². The minimum absolute atomic E-state index is 0.189. The minimum atomic E-state index is -3.62. The van der Waals surface area contributed by atoms with Crippen molar-refractivity contribution in [3.8, 4) is 0 Å². The fourth-order valence-electron chi connectivity index (χ4n) is 3.34. The van der Waals surface area contributed by atoms with E-state index in [4.69, 9.17) is 5.14 Å². The number of nitrogens with two attached hydrogens (primary N) is 1. The predicted octanol–water partition coefficient (Wildman–Crippen LogP) is 0.369. The van der Waals surface area contributed by atoms with Crippen molar-refractivity contribution >= 4 is 22.0 Å². The van der Waals surface area contributed by atoms with Crippen LogP contribution in [-0.2, 0) is 21.5 Å². The molecule has 8 nitrogen and oxygen atoms in total. The van der Waals surface area contributed by atoms with Crippen molar-refractivity contribution < 1.29 is 18.0 Å². The largest absolute Gasteiger partial charge is 0.276 e. The molecule has 0 bridgehead atoms. The van der Waals surface area contributed by atoms with E-state index in [0.29, 0.717) is 50.9 Å². The fourth-order valence-corrected chi connectivity index (χ4v) is 4.06. The number of nitrogens with zero attached hydrogens (tertiary/aromatic N) is 2. The number of fused-ring (bicyclic) bond motifs is 1. The smallest absolute Gasteiger partial charge is 0.273 e. The summed E-state index contributed by atoms with van der Waals surface area (Å²) in [5.74, 6) is -0.101. The number of benzene rings is 1. The van der Waals surface area contributed by atoms with Crippen LogP contribution in [0.3, 0.4) is 0 Å². The monoisotopic (exact) mass is 366 g/mol. The summed E-state index contributed by atoms with van der Waals surface area (Å²) in [6, 6.07) is 7.29. The number of rotatable bonds is 5. The number of amides is 2. The van der Waals surface area contributed by atoms with Crippen molar-refractivity contribution in [2.75, 3.05) is 13.1 Å². The van der Waals surface area contributed by atoms with Gasteiger partial charge >= 0.3 is 0 Å². The lowest BCUT2D eigenvalue weighted by Gasteiger charge is -2.29. The molecule has 1 aromatic carbocycles. The van der Waals surface area contributed by atoms with Gasteiger partial charge < -0.3 is 0 Å². The molecule has 9 heteroatoms. The molecule has 1 saturated heterocycles. The van der Waals surface area contributed by atoms with Gasteiger partial charge in [-0.2, -0.15) is 12.7 Å². The normalized spacial score (nSPS) is 19.1. The average Bonchev–Trinajstić information content (AvgIpc) is 2.89. The van der Waals surface area contributed by atoms with E-state index in [1.165, 1.54) is 9.31 Å². The molecule has 2 aliphatic heterocycles. The summed E-state index contributed by atoms with van der Waals surface area (Å²) in [5.41, 5.74) is 4.20. The predicted molar refractivity (Wildman–Crippen MR) is 91.1 cm³/mol. The number of hydrazine groups is 1.